The van der Waals surface area contributed by atoms with Crippen molar-refractivity contribution in [1.82, 2.24) is 14.9 Å². The Kier molecular flexibility index (Phi) is 3.49. The van der Waals surface area contributed by atoms with Gasteiger partial charge in [-0.25, -0.2) is 0 Å². The van der Waals surface area contributed by atoms with Gasteiger partial charge in [0.15, 0.2) is 0 Å². The molecule has 0 fully saturated rings. The minimum absolute atomic E-state index is 0.0230. The Balaban J connectivity index is 2.08. The predicted molar refractivity (Wildman–Crippen MR) is 67.0 cm³/mol. The first-order chi connectivity index (χ1) is 8.18. The molecule has 1 heterocycles. The van der Waals surface area contributed by atoms with Gasteiger partial charge < -0.3 is 5.32 Å². The van der Waals surface area contributed by atoms with Crippen LogP contribution in [0.5, 0.6) is 0 Å². The fraction of sp³-hybridized carbons (Fsp3) is 0.250. The lowest BCUT2D eigenvalue weighted by Crippen LogP contribution is -2.26. The quantitative estimate of drug-likeness (QED) is 0.905. The minimum Gasteiger partial charge on any atom is -0.345 e. The molecule has 0 aliphatic rings. The number of nitrogens with one attached hydrogen (secondary N) is 1. The summed E-state index contributed by atoms with van der Waals surface area (Å²) in [5.41, 5.74) is 1.75. The van der Waals surface area contributed by atoms with Gasteiger partial charge >= 0.3 is 0 Å². The summed E-state index contributed by atoms with van der Waals surface area (Å²) >= 11 is 1.12. The Bertz CT molecular complexity index is 509. The Labute approximate surface area is 104 Å². The standard InChI is InChI=1S/C12H13N3OS/c1-8(10-6-4-3-5-7-10)13-12(16)11-9(2)14-15-17-11/h3-8H,1-2H3,(H,13,16)/t8-/m1/s1. The number of amides is 1. The lowest BCUT2D eigenvalue weighted by Gasteiger charge is -2.13. The average Bonchev–Trinajstić information content (AvgIpc) is 2.76. The van der Waals surface area contributed by atoms with Gasteiger partial charge in [0.25, 0.3) is 5.91 Å². The fourth-order valence-electron chi connectivity index (χ4n) is 1.53. The summed E-state index contributed by atoms with van der Waals surface area (Å²) in [5.74, 6) is -0.117. The Hall–Kier alpha value is -1.75. The van der Waals surface area contributed by atoms with Crippen LogP contribution in [0, 0.1) is 6.92 Å². The molecule has 5 heteroatoms. The van der Waals surface area contributed by atoms with Crippen molar-refractivity contribution >= 4 is 17.4 Å². The van der Waals surface area contributed by atoms with Gasteiger partial charge in [-0.1, -0.05) is 34.8 Å². The molecule has 0 aliphatic heterocycles. The molecule has 4 nitrogen and oxygen atoms in total. The zero-order valence-corrected chi connectivity index (χ0v) is 10.5. The van der Waals surface area contributed by atoms with Crippen LogP contribution in [0.1, 0.15) is 33.9 Å². The van der Waals surface area contributed by atoms with E-state index in [1.165, 1.54) is 0 Å². The van der Waals surface area contributed by atoms with Crippen molar-refractivity contribution in [2.24, 2.45) is 0 Å². The molecule has 1 aromatic heterocycles. The molecule has 2 aromatic rings. The number of carbonyl (C=O) groups excluding carboxylic acids is 1. The van der Waals surface area contributed by atoms with Gasteiger partial charge in [0.2, 0.25) is 0 Å². The minimum atomic E-state index is -0.117. The normalized spacial score (nSPS) is 12.1. The summed E-state index contributed by atoms with van der Waals surface area (Å²) in [6.45, 7) is 3.74. The second kappa shape index (κ2) is 5.05. The molecule has 1 aromatic carbocycles. The monoisotopic (exact) mass is 247 g/mol. The van der Waals surface area contributed by atoms with E-state index in [9.17, 15) is 4.79 Å². The molecule has 0 saturated heterocycles. The first-order valence-corrected chi connectivity index (χ1v) is 6.10. The third-order valence-electron chi connectivity index (χ3n) is 2.50. The largest absolute Gasteiger partial charge is 0.345 e. The molecule has 0 saturated carbocycles. The molecule has 1 N–H and O–H groups in total. The molecule has 1 atom stereocenters. The maximum absolute atomic E-state index is 11.9. The molecule has 2 rings (SSSR count). The lowest BCUT2D eigenvalue weighted by molar-refractivity contribution is 0.0943. The summed E-state index contributed by atoms with van der Waals surface area (Å²) in [6, 6.07) is 9.82. The van der Waals surface area contributed by atoms with Crippen LogP contribution < -0.4 is 5.32 Å². The van der Waals surface area contributed by atoms with Crippen molar-refractivity contribution in [3.05, 3.63) is 46.5 Å². The highest BCUT2D eigenvalue weighted by atomic mass is 32.1. The maximum Gasteiger partial charge on any atom is 0.265 e. The predicted octanol–water partition coefficient (Wildman–Crippen LogP) is 2.34. The summed E-state index contributed by atoms with van der Waals surface area (Å²) < 4.78 is 3.75. The second-order valence-corrected chi connectivity index (χ2v) is 4.55. The van der Waals surface area contributed by atoms with E-state index in [1.54, 1.807) is 6.92 Å². The van der Waals surface area contributed by atoms with E-state index in [0.717, 1.165) is 17.1 Å². The number of nitrogens with zero attached hydrogens (tertiary/aromatic N) is 2. The molecule has 0 spiro atoms. The van der Waals surface area contributed by atoms with Crippen molar-refractivity contribution in [3.63, 3.8) is 0 Å². The summed E-state index contributed by atoms with van der Waals surface area (Å²) in [7, 11) is 0. The fourth-order valence-corrected chi connectivity index (χ4v) is 2.09. The van der Waals surface area contributed by atoms with Crippen LogP contribution in [-0.4, -0.2) is 15.5 Å². The maximum atomic E-state index is 11.9. The van der Waals surface area contributed by atoms with Crippen molar-refractivity contribution in [2.45, 2.75) is 19.9 Å². The molecule has 88 valence electrons. The van der Waals surface area contributed by atoms with Gasteiger partial charge in [0.05, 0.1) is 11.7 Å². The first-order valence-electron chi connectivity index (χ1n) is 5.33. The molecular weight excluding hydrogens is 234 g/mol. The highest BCUT2D eigenvalue weighted by molar-refractivity contribution is 7.07. The van der Waals surface area contributed by atoms with Gasteiger partial charge in [-0.15, -0.1) is 5.10 Å². The van der Waals surface area contributed by atoms with Crippen LogP contribution in [0.15, 0.2) is 30.3 Å². The van der Waals surface area contributed by atoms with Gasteiger partial charge in [0, 0.05) is 0 Å². The van der Waals surface area contributed by atoms with E-state index < -0.39 is 0 Å². The summed E-state index contributed by atoms with van der Waals surface area (Å²) in [6.07, 6.45) is 0. The molecule has 0 aliphatic carbocycles. The number of rotatable bonds is 3. The van der Waals surface area contributed by atoms with E-state index in [1.807, 2.05) is 37.3 Å². The van der Waals surface area contributed by atoms with Gasteiger partial charge in [-0.3, -0.25) is 4.79 Å². The van der Waals surface area contributed by atoms with Crippen LogP contribution in [0.4, 0.5) is 0 Å². The number of hydrogen-bond acceptors (Lipinski definition) is 4. The number of hydrogen-bond donors (Lipinski definition) is 1. The van der Waals surface area contributed by atoms with Crippen molar-refractivity contribution in [3.8, 4) is 0 Å². The molecule has 17 heavy (non-hydrogen) atoms. The van der Waals surface area contributed by atoms with Crippen molar-refractivity contribution < 1.29 is 4.79 Å². The molecule has 0 radical (unpaired) electrons. The third-order valence-corrected chi connectivity index (χ3v) is 3.33. The van der Waals surface area contributed by atoms with Crippen LogP contribution in [0.25, 0.3) is 0 Å². The highest BCUT2D eigenvalue weighted by Gasteiger charge is 2.15. The van der Waals surface area contributed by atoms with Crippen LogP contribution in [-0.2, 0) is 0 Å². The topological polar surface area (TPSA) is 54.9 Å². The van der Waals surface area contributed by atoms with E-state index in [4.69, 9.17) is 0 Å². The van der Waals surface area contributed by atoms with E-state index in [-0.39, 0.29) is 11.9 Å². The van der Waals surface area contributed by atoms with Gasteiger partial charge in [-0.2, -0.15) is 0 Å². The second-order valence-electron chi connectivity index (χ2n) is 3.79. The first kappa shape index (κ1) is 11.7. The number of carbonyl (C=O) groups is 1. The Morgan fingerprint density at radius 2 is 2.06 bits per heavy atom. The van der Waals surface area contributed by atoms with E-state index >= 15 is 0 Å². The molecular formula is C12H13N3OS. The zero-order chi connectivity index (χ0) is 12.3. The van der Waals surface area contributed by atoms with Crippen molar-refractivity contribution in [2.75, 3.05) is 0 Å². The number of aryl methyl sites for hydroxylation is 1. The van der Waals surface area contributed by atoms with E-state index in [2.05, 4.69) is 14.9 Å². The van der Waals surface area contributed by atoms with Crippen molar-refractivity contribution in [1.29, 1.82) is 0 Å². The smallest absolute Gasteiger partial charge is 0.265 e. The molecule has 0 bridgehead atoms. The average molecular weight is 247 g/mol. The molecule has 1 amide bonds. The Morgan fingerprint density at radius 1 is 1.35 bits per heavy atom. The zero-order valence-electron chi connectivity index (χ0n) is 9.68. The SMILES string of the molecule is Cc1nnsc1C(=O)N[C@H](C)c1ccccc1. The van der Waals surface area contributed by atoms with Crippen LogP contribution >= 0.6 is 11.5 Å². The summed E-state index contributed by atoms with van der Waals surface area (Å²) in [4.78, 5) is 12.5. The summed E-state index contributed by atoms with van der Waals surface area (Å²) in [5, 5.41) is 6.76. The lowest BCUT2D eigenvalue weighted by atomic mass is 10.1. The number of benzene rings is 1. The Morgan fingerprint density at radius 3 is 2.65 bits per heavy atom. The molecule has 0 unspecified atom stereocenters. The van der Waals surface area contributed by atoms with Gasteiger partial charge in [0.1, 0.15) is 4.88 Å². The highest BCUT2D eigenvalue weighted by Crippen LogP contribution is 2.14. The van der Waals surface area contributed by atoms with Crippen LogP contribution in [0.2, 0.25) is 0 Å². The van der Waals surface area contributed by atoms with Crippen LogP contribution in [0.3, 0.4) is 0 Å². The third kappa shape index (κ3) is 2.68. The number of aromatic nitrogens is 2. The van der Waals surface area contributed by atoms with E-state index in [0.29, 0.717) is 10.6 Å². The van der Waals surface area contributed by atoms with Gasteiger partial charge in [-0.05, 0) is 30.9 Å².